The molecule has 2 aromatic rings. The standard InChI is InChI=1S/C15H18N2O2S/c1-3-4-12-14(18)16-13(17-15(12)19)9-20-11-7-5-10(2)6-8-11/h5-8H,3-4,9H2,1-2H3,(H2,16,17,18,19). The van der Waals surface area contributed by atoms with E-state index in [1.165, 1.54) is 5.56 Å². The Morgan fingerprint density at radius 1 is 1.30 bits per heavy atom. The highest BCUT2D eigenvalue weighted by molar-refractivity contribution is 7.98. The van der Waals surface area contributed by atoms with Gasteiger partial charge in [0.1, 0.15) is 5.82 Å². The average Bonchev–Trinajstić information content (AvgIpc) is 2.42. The molecule has 4 nitrogen and oxygen atoms in total. The summed E-state index contributed by atoms with van der Waals surface area (Å²) in [4.78, 5) is 19.7. The molecule has 1 heterocycles. The number of nitrogens with zero attached hydrogens (tertiary/aromatic N) is 1. The Bertz CT molecular complexity index is 635. The summed E-state index contributed by atoms with van der Waals surface area (Å²) < 4.78 is 0. The van der Waals surface area contributed by atoms with Crippen molar-refractivity contribution in [1.29, 1.82) is 0 Å². The number of H-pyrrole nitrogens is 1. The minimum absolute atomic E-state index is 0.143. The number of hydrogen-bond acceptors (Lipinski definition) is 4. The van der Waals surface area contributed by atoms with Crippen molar-refractivity contribution >= 4 is 11.8 Å². The Labute approximate surface area is 122 Å². The lowest BCUT2D eigenvalue weighted by Crippen LogP contribution is -2.16. The summed E-state index contributed by atoms with van der Waals surface area (Å²) in [7, 11) is 0. The molecule has 0 radical (unpaired) electrons. The van der Waals surface area contributed by atoms with Crippen molar-refractivity contribution in [2.24, 2.45) is 0 Å². The van der Waals surface area contributed by atoms with Gasteiger partial charge in [0.15, 0.2) is 0 Å². The number of thioether (sulfide) groups is 1. The first kappa shape index (κ1) is 14.7. The molecule has 20 heavy (non-hydrogen) atoms. The van der Waals surface area contributed by atoms with E-state index < -0.39 is 0 Å². The second-order valence-corrected chi connectivity index (χ2v) is 5.72. The van der Waals surface area contributed by atoms with E-state index >= 15 is 0 Å². The fraction of sp³-hybridized carbons (Fsp3) is 0.333. The van der Waals surface area contributed by atoms with Crippen LogP contribution in [0.5, 0.6) is 5.88 Å². The van der Waals surface area contributed by atoms with Crippen LogP contribution in [0.25, 0.3) is 0 Å². The summed E-state index contributed by atoms with van der Waals surface area (Å²) in [5.74, 6) is 0.881. The van der Waals surface area contributed by atoms with Crippen LogP contribution in [0.15, 0.2) is 34.0 Å². The molecule has 0 spiro atoms. The highest BCUT2D eigenvalue weighted by Crippen LogP contribution is 2.22. The predicted molar refractivity (Wildman–Crippen MR) is 81.3 cm³/mol. The normalized spacial score (nSPS) is 10.7. The lowest BCUT2D eigenvalue weighted by molar-refractivity contribution is 0.440. The van der Waals surface area contributed by atoms with Crippen LogP contribution in [0.3, 0.4) is 0 Å². The smallest absolute Gasteiger partial charge is 0.257 e. The molecule has 0 aliphatic carbocycles. The first-order valence-electron chi connectivity index (χ1n) is 6.60. The molecule has 0 saturated heterocycles. The summed E-state index contributed by atoms with van der Waals surface area (Å²) in [6.07, 6.45) is 1.34. The third-order valence-corrected chi connectivity index (χ3v) is 3.96. The predicted octanol–water partition coefficient (Wildman–Crippen LogP) is 3.03. The van der Waals surface area contributed by atoms with Crippen molar-refractivity contribution in [3.63, 3.8) is 0 Å². The lowest BCUT2D eigenvalue weighted by Gasteiger charge is -2.05. The molecule has 2 N–H and O–H groups in total. The summed E-state index contributed by atoms with van der Waals surface area (Å²) in [6.45, 7) is 4.00. The van der Waals surface area contributed by atoms with Crippen LogP contribution in [0.2, 0.25) is 0 Å². The quantitative estimate of drug-likeness (QED) is 0.831. The zero-order chi connectivity index (χ0) is 14.5. The van der Waals surface area contributed by atoms with Crippen molar-refractivity contribution in [2.45, 2.75) is 37.3 Å². The van der Waals surface area contributed by atoms with Gasteiger partial charge >= 0.3 is 0 Å². The van der Waals surface area contributed by atoms with Gasteiger partial charge in [0, 0.05) is 4.90 Å². The Morgan fingerprint density at radius 2 is 2.00 bits per heavy atom. The molecular weight excluding hydrogens is 272 g/mol. The van der Waals surface area contributed by atoms with E-state index in [-0.39, 0.29) is 11.4 Å². The number of hydrogen-bond donors (Lipinski definition) is 2. The second-order valence-electron chi connectivity index (χ2n) is 4.67. The van der Waals surface area contributed by atoms with Crippen LogP contribution in [-0.4, -0.2) is 15.1 Å². The molecule has 0 atom stereocenters. The van der Waals surface area contributed by atoms with Crippen molar-refractivity contribution in [2.75, 3.05) is 0 Å². The number of benzene rings is 1. The Morgan fingerprint density at radius 3 is 2.60 bits per heavy atom. The Kier molecular flexibility index (Phi) is 4.84. The van der Waals surface area contributed by atoms with Crippen molar-refractivity contribution in [3.8, 4) is 5.88 Å². The third-order valence-electron chi connectivity index (χ3n) is 2.94. The largest absolute Gasteiger partial charge is 0.493 e. The van der Waals surface area contributed by atoms with Gasteiger partial charge in [-0.15, -0.1) is 11.8 Å². The van der Waals surface area contributed by atoms with E-state index in [1.54, 1.807) is 11.8 Å². The minimum atomic E-state index is -0.237. The van der Waals surface area contributed by atoms with E-state index in [4.69, 9.17) is 0 Å². The third kappa shape index (κ3) is 3.63. The molecule has 0 bridgehead atoms. The van der Waals surface area contributed by atoms with Crippen LogP contribution >= 0.6 is 11.8 Å². The van der Waals surface area contributed by atoms with Gasteiger partial charge in [-0.25, -0.2) is 0 Å². The summed E-state index contributed by atoms with van der Waals surface area (Å²) in [6, 6.07) is 8.15. The Hall–Kier alpha value is -1.75. The van der Waals surface area contributed by atoms with E-state index in [9.17, 15) is 9.90 Å². The van der Waals surface area contributed by atoms with E-state index in [0.717, 1.165) is 11.3 Å². The van der Waals surface area contributed by atoms with Crippen molar-refractivity contribution in [1.82, 2.24) is 9.97 Å². The highest BCUT2D eigenvalue weighted by Gasteiger charge is 2.09. The zero-order valence-electron chi connectivity index (χ0n) is 11.6. The fourth-order valence-corrected chi connectivity index (χ4v) is 2.63. The van der Waals surface area contributed by atoms with Gasteiger partial charge in [-0.2, -0.15) is 4.98 Å². The molecular formula is C15H18N2O2S. The summed E-state index contributed by atoms with van der Waals surface area (Å²) in [5, 5.41) is 9.80. The summed E-state index contributed by atoms with van der Waals surface area (Å²) >= 11 is 1.58. The SMILES string of the molecule is CCCc1c(O)nc(CSc2ccc(C)cc2)[nH]c1=O. The Balaban J connectivity index is 2.10. The van der Waals surface area contributed by atoms with E-state index in [0.29, 0.717) is 23.6 Å². The number of nitrogens with one attached hydrogen (secondary N) is 1. The molecule has 2 rings (SSSR count). The van der Waals surface area contributed by atoms with Crippen LogP contribution in [0, 0.1) is 6.92 Å². The fourth-order valence-electron chi connectivity index (χ4n) is 1.86. The monoisotopic (exact) mass is 290 g/mol. The maximum Gasteiger partial charge on any atom is 0.257 e. The van der Waals surface area contributed by atoms with Crippen molar-refractivity contribution < 1.29 is 5.11 Å². The van der Waals surface area contributed by atoms with Gasteiger partial charge in [0.2, 0.25) is 5.88 Å². The number of aromatic amines is 1. The first-order chi connectivity index (χ1) is 9.60. The maximum atomic E-state index is 11.8. The molecule has 1 aromatic heterocycles. The first-order valence-corrected chi connectivity index (χ1v) is 7.59. The van der Waals surface area contributed by atoms with Crippen LogP contribution in [0.1, 0.15) is 30.3 Å². The molecule has 0 saturated carbocycles. The van der Waals surface area contributed by atoms with E-state index in [2.05, 4.69) is 9.97 Å². The van der Waals surface area contributed by atoms with Gasteiger partial charge in [-0.05, 0) is 25.5 Å². The number of rotatable bonds is 5. The molecule has 0 aliphatic rings. The molecule has 1 aromatic carbocycles. The van der Waals surface area contributed by atoms with Gasteiger partial charge < -0.3 is 10.1 Å². The second kappa shape index (κ2) is 6.61. The van der Waals surface area contributed by atoms with E-state index in [1.807, 2.05) is 38.1 Å². The van der Waals surface area contributed by atoms with Gasteiger partial charge in [0.05, 0.1) is 11.3 Å². The van der Waals surface area contributed by atoms with Crippen LogP contribution in [-0.2, 0) is 12.2 Å². The topological polar surface area (TPSA) is 66.0 Å². The molecule has 0 unspecified atom stereocenters. The van der Waals surface area contributed by atoms with Crippen LogP contribution in [0.4, 0.5) is 0 Å². The molecule has 0 fully saturated rings. The number of aromatic hydroxyl groups is 1. The molecule has 0 amide bonds. The minimum Gasteiger partial charge on any atom is -0.493 e. The maximum absolute atomic E-state index is 11.8. The van der Waals surface area contributed by atoms with Crippen molar-refractivity contribution in [3.05, 3.63) is 51.6 Å². The van der Waals surface area contributed by atoms with Gasteiger partial charge in [-0.3, -0.25) is 4.79 Å². The molecule has 106 valence electrons. The van der Waals surface area contributed by atoms with Gasteiger partial charge in [0.25, 0.3) is 5.56 Å². The number of aryl methyl sites for hydroxylation is 1. The lowest BCUT2D eigenvalue weighted by atomic mass is 10.2. The van der Waals surface area contributed by atoms with Gasteiger partial charge in [-0.1, -0.05) is 31.0 Å². The molecule has 5 heteroatoms. The molecule has 0 aliphatic heterocycles. The highest BCUT2D eigenvalue weighted by atomic mass is 32.2. The average molecular weight is 290 g/mol. The number of aromatic nitrogens is 2. The summed E-state index contributed by atoms with van der Waals surface area (Å²) in [5.41, 5.74) is 1.35. The zero-order valence-corrected chi connectivity index (χ0v) is 12.5. The van der Waals surface area contributed by atoms with Crippen LogP contribution < -0.4 is 5.56 Å².